The maximum absolute atomic E-state index is 10.8. The summed E-state index contributed by atoms with van der Waals surface area (Å²) in [6, 6.07) is 3.69. The lowest BCUT2D eigenvalue weighted by molar-refractivity contribution is 0.0644. The van der Waals surface area contributed by atoms with E-state index in [0.29, 0.717) is 16.7 Å². The molecular weight excluding hydrogens is 272 g/mol. The van der Waals surface area contributed by atoms with Gasteiger partial charge in [0, 0.05) is 22.9 Å². The highest BCUT2D eigenvalue weighted by Gasteiger charge is 2.28. The summed E-state index contributed by atoms with van der Waals surface area (Å²) < 4.78 is 11.3. The molecule has 1 aliphatic heterocycles. The third-order valence-corrected chi connectivity index (χ3v) is 4.26. The van der Waals surface area contributed by atoms with Gasteiger partial charge in [0.1, 0.15) is 11.9 Å². The molecule has 1 unspecified atom stereocenters. The smallest absolute Gasteiger partial charge is 0.193 e. The molecule has 5 heteroatoms. The Labute approximate surface area is 113 Å². The molecule has 3 heterocycles. The molecule has 0 spiro atoms. The van der Waals surface area contributed by atoms with Gasteiger partial charge in [-0.25, -0.2) is 0 Å². The highest BCUT2D eigenvalue weighted by atomic mass is 35.5. The zero-order valence-electron chi connectivity index (χ0n) is 9.73. The molecule has 3 rings (SSSR count). The Kier molecular flexibility index (Phi) is 3.01. The van der Waals surface area contributed by atoms with Gasteiger partial charge < -0.3 is 9.15 Å². The van der Waals surface area contributed by atoms with E-state index in [-0.39, 0.29) is 6.10 Å². The van der Waals surface area contributed by atoms with E-state index in [1.807, 2.05) is 13.0 Å². The van der Waals surface area contributed by atoms with Crippen molar-refractivity contribution in [3.05, 3.63) is 44.0 Å². The number of halogens is 1. The topological polar surface area (TPSA) is 39.4 Å². The molecule has 0 saturated heterocycles. The van der Waals surface area contributed by atoms with Gasteiger partial charge in [-0.15, -0.1) is 11.3 Å². The van der Waals surface area contributed by atoms with E-state index in [9.17, 15) is 4.79 Å². The van der Waals surface area contributed by atoms with Crippen LogP contribution in [-0.4, -0.2) is 12.9 Å². The van der Waals surface area contributed by atoms with Crippen LogP contribution in [0, 0.1) is 6.92 Å². The Balaban J connectivity index is 2.07. The van der Waals surface area contributed by atoms with Crippen LogP contribution in [0.5, 0.6) is 0 Å². The largest absolute Gasteiger partial charge is 0.449 e. The van der Waals surface area contributed by atoms with Crippen LogP contribution in [0.4, 0.5) is 0 Å². The molecule has 1 aliphatic rings. The first kappa shape index (κ1) is 12.0. The minimum atomic E-state index is -0.171. The van der Waals surface area contributed by atoms with E-state index < -0.39 is 0 Å². The SMILES string of the molecule is Cc1sc(C=O)cc1C1OCCc2oc(Cl)cc21. The van der Waals surface area contributed by atoms with Crippen molar-refractivity contribution in [1.29, 1.82) is 0 Å². The highest BCUT2D eigenvalue weighted by Crippen LogP contribution is 2.39. The molecule has 2 aromatic heterocycles. The van der Waals surface area contributed by atoms with Crippen molar-refractivity contribution in [1.82, 2.24) is 0 Å². The second-order valence-corrected chi connectivity index (χ2v) is 5.87. The minimum Gasteiger partial charge on any atom is -0.449 e. The number of aryl methyl sites for hydroxylation is 1. The van der Waals surface area contributed by atoms with Crippen molar-refractivity contribution in [2.75, 3.05) is 6.61 Å². The number of carbonyl (C=O) groups is 1. The Morgan fingerprint density at radius 3 is 3.00 bits per heavy atom. The van der Waals surface area contributed by atoms with Crippen LogP contribution in [-0.2, 0) is 11.2 Å². The van der Waals surface area contributed by atoms with Gasteiger partial charge in [-0.3, -0.25) is 4.79 Å². The number of fused-ring (bicyclic) bond motifs is 1. The molecule has 3 nitrogen and oxygen atoms in total. The quantitative estimate of drug-likeness (QED) is 0.787. The maximum Gasteiger partial charge on any atom is 0.193 e. The molecule has 0 radical (unpaired) electrons. The fourth-order valence-electron chi connectivity index (χ4n) is 2.28. The van der Waals surface area contributed by atoms with Crippen LogP contribution in [0.2, 0.25) is 5.22 Å². The monoisotopic (exact) mass is 282 g/mol. The molecule has 18 heavy (non-hydrogen) atoms. The minimum absolute atomic E-state index is 0.171. The van der Waals surface area contributed by atoms with Gasteiger partial charge >= 0.3 is 0 Å². The van der Waals surface area contributed by atoms with E-state index in [2.05, 4.69) is 0 Å². The van der Waals surface area contributed by atoms with E-state index in [0.717, 1.165) is 34.5 Å². The lowest BCUT2D eigenvalue weighted by Gasteiger charge is -2.22. The normalized spacial score (nSPS) is 18.7. The summed E-state index contributed by atoms with van der Waals surface area (Å²) in [5.74, 6) is 0.884. The van der Waals surface area contributed by atoms with Crippen LogP contribution in [0.1, 0.15) is 37.5 Å². The van der Waals surface area contributed by atoms with E-state index in [1.54, 1.807) is 6.07 Å². The molecule has 0 aliphatic carbocycles. The van der Waals surface area contributed by atoms with Gasteiger partial charge in [0.2, 0.25) is 0 Å². The average molecular weight is 283 g/mol. The Morgan fingerprint density at radius 1 is 1.44 bits per heavy atom. The van der Waals surface area contributed by atoms with Crippen molar-refractivity contribution in [3.63, 3.8) is 0 Å². The second kappa shape index (κ2) is 4.53. The summed E-state index contributed by atoms with van der Waals surface area (Å²) in [5.41, 5.74) is 2.00. The number of aldehydes is 1. The maximum atomic E-state index is 10.8. The lowest BCUT2D eigenvalue weighted by Crippen LogP contribution is -2.15. The third-order valence-electron chi connectivity index (χ3n) is 3.08. The molecule has 0 saturated carbocycles. The highest BCUT2D eigenvalue weighted by molar-refractivity contribution is 7.13. The molecule has 0 bridgehead atoms. The Morgan fingerprint density at radius 2 is 2.28 bits per heavy atom. The molecule has 2 aromatic rings. The number of furan rings is 1. The zero-order valence-corrected chi connectivity index (χ0v) is 11.3. The summed E-state index contributed by atoms with van der Waals surface area (Å²) in [4.78, 5) is 12.6. The van der Waals surface area contributed by atoms with Gasteiger partial charge in [0.05, 0.1) is 11.5 Å². The first-order valence-electron chi connectivity index (χ1n) is 5.64. The van der Waals surface area contributed by atoms with Gasteiger partial charge in [0.15, 0.2) is 11.5 Å². The van der Waals surface area contributed by atoms with E-state index >= 15 is 0 Å². The van der Waals surface area contributed by atoms with Crippen molar-refractivity contribution in [3.8, 4) is 0 Å². The van der Waals surface area contributed by atoms with Gasteiger partial charge in [0.25, 0.3) is 0 Å². The van der Waals surface area contributed by atoms with Crippen molar-refractivity contribution in [2.45, 2.75) is 19.4 Å². The van der Waals surface area contributed by atoms with Gasteiger partial charge in [-0.1, -0.05) is 0 Å². The third kappa shape index (κ3) is 1.90. The molecule has 0 amide bonds. The van der Waals surface area contributed by atoms with E-state index in [4.69, 9.17) is 20.8 Å². The van der Waals surface area contributed by atoms with Gasteiger partial charge in [-0.05, 0) is 30.2 Å². The number of rotatable bonds is 2. The molecule has 0 N–H and O–H groups in total. The predicted octanol–water partition coefficient (Wildman–Crippen LogP) is 3.78. The first-order valence-corrected chi connectivity index (χ1v) is 6.83. The fourth-order valence-corrected chi connectivity index (χ4v) is 3.36. The summed E-state index contributed by atoms with van der Waals surface area (Å²) in [6.45, 7) is 2.60. The summed E-state index contributed by atoms with van der Waals surface area (Å²) in [7, 11) is 0. The molecular formula is C13H11ClO3S. The summed E-state index contributed by atoms with van der Waals surface area (Å²) in [5, 5.41) is 0.388. The molecule has 0 aromatic carbocycles. The van der Waals surface area contributed by atoms with Gasteiger partial charge in [-0.2, -0.15) is 0 Å². The standard InChI is InChI=1S/C13H11ClO3S/c1-7-9(4-8(6-15)18-7)13-10-5-12(14)17-11(10)2-3-16-13/h4-6,13H,2-3H2,1H3. The summed E-state index contributed by atoms with van der Waals surface area (Å²) in [6.07, 6.45) is 1.44. The van der Waals surface area contributed by atoms with Crippen LogP contribution in [0.3, 0.4) is 0 Å². The van der Waals surface area contributed by atoms with E-state index in [1.165, 1.54) is 11.3 Å². The Bertz CT molecular complexity index is 599. The van der Waals surface area contributed by atoms with Crippen LogP contribution < -0.4 is 0 Å². The van der Waals surface area contributed by atoms with Crippen LogP contribution in [0.15, 0.2) is 16.5 Å². The zero-order chi connectivity index (χ0) is 12.7. The predicted molar refractivity (Wildman–Crippen MR) is 69.7 cm³/mol. The van der Waals surface area contributed by atoms with Crippen molar-refractivity contribution in [2.24, 2.45) is 0 Å². The molecule has 0 fully saturated rings. The average Bonchev–Trinajstić information content (AvgIpc) is 2.90. The van der Waals surface area contributed by atoms with Crippen LogP contribution in [0.25, 0.3) is 0 Å². The number of thiophene rings is 1. The van der Waals surface area contributed by atoms with Crippen molar-refractivity contribution >= 4 is 29.2 Å². The number of hydrogen-bond acceptors (Lipinski definition) is 4. The number of hydrogen-bond donors (Lipinski definition) is 0. The molecule has 1 atom stereocenters. The second-order valence-electron chi connectivity index (χ2n) is 4.21. The first-order chi connectivity index (χ1) is 8.69. The number of ether oxygens (including phenoxy) is 1. The fraction of sp³-hybridized carbons (Fsp3) is 0.308. The molecule has 94 valence electrons. The lowest BCUT2D eigenvalue weighted by atomic mass is 9.99. The summed E-state index contributed by atoms with van der Waals surface area (Å²) >= 11 is 7.38. The van der Waals surface area contributed by atoms with Crippen molar-refractivity contribution < 1.29 is 13.9 Å². The van der Waals surface area contributed by atoms with Crippen LogP contribution >= 0.6 is 22.9 Å². The number of carbonyl (C=O) groups excluding carboxylic acids is 1. The Hall–Kier alpha value is -1.10.